The second kappa shape index (κ2) is 9.38. The number of benzene rings is 3. The van der Waals surface area contributed by atoms with Gasteiger partial charge in [0.2, 0.25) is 0 Å². The van der Waals surface area contributed by atoms with Crippen molar-refractivity contribution in [3.63, 3.8) is 0 Å². The smallest absolute Gasteiger partial charge is 0.178 e. The predicted octanol–water partition coefficient (Wildman–Crippen LogP) is 6.46. The Morgan fingerprint density at radius 1 is 0.667 bits per heavy atom. The molecule has 0 aromatic heterocycles. The minimum atomic E-state index is -3.30. The van der Waals surface area contributed by atoms with Crippen molar-refractivity contribution in [2.75, 3.05) is 5.75 Å². The molecule has 0 bridgehead atoms. The molecule has 27 heavy (non-hydrogen) atoms. The van der Waals surface area contributed by atoms with Crippen LogP contribution in [0.1, 0.15) is 37.7 Å². The Kier molecular flexibility index (Phi) is 6.92. The van der Waals surface area contributed by atoms with Gasteiger partial charge in [0, 0.05) is 15.8 Å². The summed E-state index contributed by atoms with van der Waals surface area (Å²) in [5.74, 6) is 0.192. The average molecular weight is 401 g/mol. The number of hydrogen-bond donors (Lipinski definition) is 0. The highest BCUT2D eigenvalue weighted by molar-refractivity contribution is 7.91. The molecule has 0 atom stereocenters. The van der Waals surface area contributed by atoms with E-state index in [2.05, 4.69) is 24.3 Å². The summed E-state index contributed by atoms with van der Waals surface area (Å²) in [4.78, 5) is 0.395. The van der Waals surface area contributed by atoms with E-state index in [9.17, 15) is 8.42 Å². The van der Waals surface area contributed by atoms with Gasteiger partial charge in [0.1, 0.15) is 0 Å². The molecule has 0 aliphatic carbocycles. The number of hydrogen-bond acceptors (Lipinski definition) is 2. The SMILES string of the molecule is O=S(=O)(CCCCCCCc1ccccc1)c1cccc2c(Cl)cccc12. The van der Waals surface area contributed by atoms with Crippen LogP contribution in [-0.2, 0) is 16.3 Å². The first-order valence-corrected chi connectivity index (χ1v) is 11.5. The van der Waals surface area contributed by atoms with Crippen molar-refractivity contribution in [1.29, 1.82) is 0 Å². The van der Waals surface area contributed by atoms with Crippen molar-refractivity contribution in [3.05, 3.63) is 77.3 Å². The molecule has 0 spiro atoms. The van der Waals surface area contributed by atoms with Gasteiger partial charge in [-0.15, -0.1) is 0 Å². The average Bonchev–Trinajstić information content (AvgIpc) is 2.68. The largest absolute Gasteiger partial charge is 0.224 e. The third-order valence-corrected chi connectivity index (χ3v) is 7.07. The standard InChI is InChI=1S/C23H25ClO2S/c24-22-16-9-15-21-20(22)14-10-17-23(21)27(25,26)18-8-3-1-2-5-11-19-12-6-4-7-13-19/h4,6-7,9-10,12-17H,1-3,5,8,11,18H2. The van der Waals surface area contributed by atoms with Gasteiger partial charge >= 0.3 is 0 Å². The fraction of sp³-hybridized carbons (Fsp3) is 0.304. The summed E-state index contributed by atoms with van der Waals surface area (Å²) in [5, 5.41) is 2.09. The summed E-state index contributed by atoms with van der Waals surface area (Å²) in [6.45, 7) is 0. The van der Waals surface area contributed by atoms with Crippen LogP contribution in [-0.4, -0.2) is 14.2 Å². The van der Waals surface area contributed by atoms with Gasteiger partial charge in [-0.25, -0.2) is 8.42 Å². The number of fused-ring (bicyclic) bond motifs is 1. The fourth-order valence-corrected chi connectivity index (χ4v) is 5.26. The van der Waals surface area contributed by atoms with Crippen molar-refractivity contribution in [3.8, 4) is 0 Å². The molecular formula is C23H25ClO2S. The van der Waals surface area contributed by atoms with Crippen molar-refractivity contribution in [2.45, 2.75) is 43.4 Å². The van der Waals surface area contributed by atoms with Crippen molar-refractivity contribution >= 4 is 32.2 Å². The van der Waals surface area contributed by atoms with E-state index in [1.165, 1.54) is 5.56 Å². The van der Waals surface area contributed by atoms with Crippen LogP contribution < -0.4 is 0 Å². The minimum Gasteiger partial charge on any atom is -0.224 e. The van der Waals surface area contributed by atoms with Gasteiger partial charge in [-0.3, -0.25) is 0 Å². The van der Waals surface area contributed by atoms with E-state index < -0.39 is 9.84 Å². The molecule has 142 valence electrons. The maximum Gasteiger partial charge on any atom is 0.178 e. The molecule has 0 saturated heterocycles. The Bertz CT molecular complexity index is 982. The van der Waals surface area contributed by atoms with Gasteiger partial charge in [0.15, 0.2) is 9.84 Å². The Morgan fingerprint density at radius 3 is 2.15 bits per heavy atom. The lowest BCUT2D eigenvalue weighted by molar-refractivity contribution is 0.585. The van der Waals surface area contributed by atoms with Crippen LogP contribution >= 0.6 is 11.6 Å². The number of aryl methyl sites for hydroxylation is 1. The van der Waals surface area contributed by atoms with Gasteiger partial charge in [-0.2, -0.15) is 0 Å². The van der Waals surface area contributed by atoms with Crippen LogP contribution in [0.5, 0.6) is 0 Å². The van der Waals surface area contributed by atoms with E-state index in [1.54, 1.807) is 24.3 Å². The monoisotopic (exact) mass is 400 g/mol. The maximum atomic E-state index is 12.8. The summed E-state index contributed by atoms with van der Waals surface area (Å²) in [6.07, 6.45) is 6.10. The maximum absolute atomic E-state index is 12.8. The Morgan fingerprint density at radius 2 is 1.33 bits per heavy atom. The Labute approximate surface area is 167 Å². The Balaban J connectivity index is 1.49. The molecule has 0 radical (unpaired) electrons. The van der Waals surface area contributed by atoms with Crippen LogP contribution in [0.2, 0.25) is 5.02 Å². The van der Waals surface area contributed by atoms with Gasteiger partial charge in [0.05, 0.1) is 10.6 Å². The normalized spacial score (nSPS) is 11.7. The quantitative estimate of drug-likeness (QED) is 0.386. The van der Waals surface area contributed by atoms with Gasteiger partial charge in [-0.1, -0.05) is 85.5 Å². The summed E-state index contributed by atoms with van der Waals surface area (Å²) in [7, 11) is -3.30. The van der Waals surface area contributed by atoms with E-state index >= 15 is 0 Å². The highest BCUT2D eigenvalue weighted by Crippen LogP contribution is 2.29. The van der Waals surface area contributed by atoms with Crippen molar-refractivity contribution < 1.29 is 8.42 Å². The molecule has 0 N–H and O–H groups in total. The van der Waals surface area contributed by atoms with E-state index in [4.69, 9.17) is 11.6 Å². The first kappa shape index (κ1) is 19.9. The highest BCUT2D eigenvalue weighted by atomic mass is 35.5. The molecule has 2 nitrogen and oxygen atoms in total. The van der Waals surface area contributed by atoms with Crippen LogP contribution in [0.3, 0.4) is 0 Å². The second-order valence-electron chi connectivity index (χ2n) is 6.91. The summed E-state index contributed by atoms with van der Waals surface area (Å²) in [5.41, 5.74) is 1.37. The molecule has 0 saturated carbocycles. The Hall–Kier alpha value is -1.84. The van der Waals surface area contributed by atoms with E-state index in [0.717, 1.165) is 37.5 Å². The molecule has 0 aliphatic heterocycles. The zero-order chi connectivity index (χ0) is 19.1. The number of unbranched alkanes of at least 4 members (excludes halogenated alkanes) is 4. The molecule has 4 heteroatoms. The molecule has 3 aromatic rings. The van der Waals surface area contributed by atoms with Gasteiger partial charge in [-0.05, 0) is 37.0 Å². The third kappa shape index (κ3) is 5.33. The molecule has 0 amide bonds. The van der Waals surface area contributed by atoms with Crippen molar-refractivity contribution in [2.24, 2.45) is 0 Å². The van der Waals surface area contributed by atoms with Crippen LogP contribution in [0.15, 0.2) is 71.6 Å². The lowest BCUT2D eigenvalue weighted by Crippen LogP contribution is -2.07. The number of rotatable bonds is 9. The summed E-state index contributed by atoms with van der Waals surface area (Å²) in [6, 6.07) is 21.2. The lowest BCUT2D eigenvalue weighted by Gasteiger charge is -2.09. The topological polar surface area (TPSA) is 34.1 Å². The van der Waals surface area contributed by atoms with Gasteiger partial charge in [0.25, 0.3) is 0 Å². The first-order valence-electron chi connectivity index (χ1n) is 9.52. The van der Waals surface area contributed by atoms with Crippen molar-refractivity contribution in [1.82, 2.24) is 0 Å². The zero-order valence-corrected chi connectivity index (χ0v) is 17.0. The molecule has 0 unspecified atom stereocenters. The fourth-order valence-electron chi connectivity index (χ4n) is 3.42. The first-order chi connectivity index (χ1) is 13.1. The van der Waals surface area contributed by atoms with Crippen LogP contribution in [0.25, 0.3) is 10.8 Å². The summed E-state index contributed by atoms with van der Waals surface area (Å²) >= 11 is 6.20. The molecule has 0 fully saturated rings. The van der Waals surface area contributed by atoms with Gasteiger partial charge < -0.3 is 0 Å². The molecule has 0 aliphatic rings. The van der Waals surface area contributed by atoms with Crippen LogP contribution in [0, 0.1) is 0 Å². The van der Waals surface area contributed by atoms with E-state index in [0.29, 0.717) is 21.7 Å². The van der Waals surface area contributed by atoms with E-state index in [1.807, 2.05) is 18.2 Å². The van der Waals surface area contributed by atoms with Crippen LogP contribution in [0.4, 0.5) is 0 Å². The third-order valence-electron chi connectivity index (χ3n) is 4.89. The molecule has 3 rings (SSSR count). The predicted molar refractivity (Wildman–Crippen MR) is 114 cm³/mol. The molecule has 0 heterocycles. The number of sulfone groups is 1. The zero-order valence-electron chi connectivity index (χ0n) is 15.4. The second-order valence-corrected chi connectivity index (χ2v) is 9.40. The lowest BCUT2D eigenvalue weighted by atomic mass is 10.1. The minimum absolute atomic E-state index is 0.192. The molecule has 3 aromatic carbocycles. The molecular weight excluding hydrogens is 376 g/mol. The van der Waals surface area contributed by atoms with E-state index in [-0.39, 0.29) is 5.75 Å². The highest BCUT2D eigenvalue weighted by Gasteiger charge is 2.17. The summed E-state index contributed by atoms with van der Waals surface area (Å²) < 4.78 is 25.6. The number of halogens is 1.